The highest BCUT2D eigenvalue weighted by molar-refractivity contribution is 7.00. The lowest BCUT2D eigenvalue weighted by Gasteiger charge is -2.47. The van der Waals surface area contributed by atoms with Crippen molar-refractivity contribution in [3.8, 4) is 77.9 Å². The number of fused-ring (bicyclic) bond motifs is 7. The van der Waals surface area contributed by atoms with Crippen molar-refractivity contribution in [2.24, 2.45) is 0 Å². The fourth-order valence-corrected chi connectivity index (χ4v) is 15.0. The molecule has 1 atom stereocenters. The summed E-state index contributed by atoms with van der Waals surface area (Å²) >= 11 is 0. The fraction of sp³-hybridized carbons (Fsp3) is 0.0860. The van der Waals surface area contributed by atoms with E-state index in [9.17, 15) is 21.9 Å². The van der Waals surface area contributed by atoms with Gasteiger partial charge in [0.1, 0.15) is 0 Å². The predicted molar refractivity (Wildman–Crippen MR) is 409 cm³/mol. The molecule has 1 unspecified atom stereocenters. The third-order valence-corrected chi connectivity index (χ3v) is 19.4. The second kappa shape index (κ2) is 23.6. The van der Waals surface area contributed by atoms with Gasteiger partial charge in [-0.15, -0.1) is 0 Å². The van der Waals surface area contributed by atoms with Crippen molar-refractivity contribution in [2.75, 3.05) is 9.80 Å². The SMILES string of the molecule is [2H]c1c([2H])c([2H])c(-c2cc(C(C)C)cc(-c3c([2H])c([2H])c([2H])c([2H])c3[2H])c2N2c3ccc(-c4ccccc4)cc3B3c4cc(-c5ccccc5)ccc4N(c4c(-c5c([2H])c([2H])c([2H])c([2H])c5[2H])cc(C(C)(C)C)cc4-c4c([2H])c([2H])c([2H])c([2H])c4[2H])c4cc(C5(c6ccccc6)c6ccccc6-c6c([N+]#[C-])cccc65)cc2c43)c([2H])c1[2H]. The first-order valence-electron chi connectivity index (χ1n) is 42.3. The fourth-order valence-electron chi connectivity index (χ4n) is 15.0. The maximum atomic E-state index is 10.2. The molecule has 460 valence electrons. The lowest BCUT2D eigenvalue weighted by Crippen LogP contribution is -2.61. The summed E-state index contributed by atoms with van der Waals surface area (Å²) in [7, 11) is 0. The van der Waals surface area contributed by atoms with Gasteiger partial charge in [-0.25, -0.2) is 4.85 Å². The number of benzene rings is 14. The van der Waals surface area contributed by atoms with Crippen LogP contribution in [0.5, 0.6) is 0 Å². The van der Waals surface area contributed by atoms with Crippen LogP contribution in [0.25, 0.3) is 82.7 Å². The topological polar surface area (TPSA) is 10.8 Å². The third-order valence-electron chi connectivity index (χ3n) is 19.4. The van der Waals surface area contributed by atoms with Gasteiger partial charge in [0.2, 0.25) is 0 Å². The average molecular weight is 1260 g/mol. The highest BCUT2D eigenvalue weighted by Crippen LogP contribution is 2.62. The van der Waals surface area contributed by atoms with Crippen molar-refractivity contribution >= 4 is 62.9 Å². The molecule has 4 heteroatoms. The van der Waals surface area contributed by atoms with Gasteiger partial charge in [-0.05, 0) is 165 Å². The minimum absolute atomic E-state index is 0.000782. The zero-order valence-corrected chi connectivity index (χ0v) is 53.6. The molecule has 0 bridgehead atoms. The molecular weight excluding hydrogens is 1170 g/mol. The molecule has 14 aromatic carbocycles. The zero-order chi connectivity index (χ0) is 82.9. The molecule has 0 fully saturated rings. The summed E-state index contributed by atoms with van der Waals surface area (Å²) in [5.41, 5.74) is 7.50. The van der Waals surface area contributed by atoms with Crippen LogP contribution in [0, 0.1) is 6.57 Å². The Balaban J connectivity index is 1.19. The Hall–Kier alpha value is -11.8. The molecule has 0 saturated heterocycles. The van der Waals surface area contributed by atoms with E-state index in [1.807, 2.05) is 208 Å². The van der Waals surface area contributed by atoms with Crippen LogP contribution in [0.3, 0.4) is 0 Å². The van der Waals surface area contributed by atoms with Crippen molar-refractivity contribution in [3.05, 3.63) is 372 Å². The van der Waals surface area contributed by atoms with Gasteiger partial charge in [-0.3, -0.25) is 0 Å². The Labute approximate surface area is 598 Å². The lowest BCUT2D eigenvalue weighted by molar-refractivity contribution is 0.591. The second-order valence-corrected chi connectivity index (χ2v) is 26.1. The van der Waals surface area contributed by atoms with Crippen molar-refractivity contribution < 1.29 is 27.4 Å². The van der Waals surface area contributed by atoms with Crippen molar-refractivity contribution in [1.29, 1.82) is 0 Å². The van der Waals surface area contributed by atoms with E-state index in [4.69, 9.17) is 12.1 Å². The van der Waals surface area contributed by atoms with Crippen LogP contribution in [-0.2, 0) is 10.8 Å². The van der Waals surface area contributed by atoms with E-state index in [-0.39, 0.29) is 67.3 Å². The molecule has 97 heavy (non-hydrogen) atoms. The molecule has 0 amide bonds. The first kappa shape index (κ1) is 41.1. The Morgan fingerprint density at radius 2 is 0.814 bits per heavy atom. The Morgan fingerprint density at radius 3 is 1.26 bits per heavy atom. The maximum Gasteiger partial charge on any atom is 0.252 e. The average Bonchev–Trinajstić information content (AvgIpc) is 1.11. The largest absolute Gasteiger partial charge is 0.310 e. The molecule has 2 aliphatic heterocycles. The standard InChI is InChI=1S/C93H70BN3/c1-61(2)70-53-75(64-35-18-9-19-36-64)90(76(54-70)65-37-20-10-21-38-65)96-84-51-49-68(62-31-14-7-15-32-62)55-81(84)94-82-56-69(63-33-16-8-17-34-63)50-52-85(82)97(91-77(66-39-22-11-23-40-66)57-72(92(3,4)5)58-78(91)67-41-24-12-25-42-67)87-60-73(59-86(96)89(87)94)93(71-43-26-13-27-44-71)79-46-29-28-45-74(79)88-80(93)47-30-48-83(88)95-6/h7-61H,1-5H3/i9D,10D,11D,12D,18D,19D,20D,21D,22D,23D,24D,25D,35D,36D,37D,38D,39D,40D,41D,42D. The number of nitrogens with zero attached hydrogens (tertiary/aromatic N) is 3. The van der Waals surface area contributed by atoms with E-state index in [0.29, 0.717) is 89.1 Å². The molecule has 0 saturated carbocycles. The Bertz CT molecular complexity index is 6400. The maximum absolute atomic E-state index is 10.2. The molecule has 3 aliphatic rings. The van der Waals surface area contributed by atoms with E-state index < -0.39 is 144 Å². The highest BCUT2D eigenvalue weighted by atomic mass is 15.2. The zero-order valence-electron chi connectivity index (χ0n) is 73.6. The van der Waals surface area contributed by atoms with Crippen LogP contribution in [0.4, 0.5) is 39.8 Å². The summed E-state index contributed by atoms with van der Waals surface area (Å²) in [5.74, 6) is -0.453. The van der Waals surface area contributed by atoms with Crippen LogP contribution in [0.1, 0.15) is 101 Å². The molecule has 0 aromatic heterocycles. The van der Waals surface area contributed by atoms with Gasteiger partial charge < -0.3 is 9.80 Å². The van der Waals surface area contributed by atoms with Crippen LogP contribution < -0.4 is 26.2 Å². The summed E-state index contributed by atoms with van der Waals surface area (Å²) in [5, 5.41) is 0. The lowest BCUT2D eigenvalue weighted by atomic mass is 9.33. The van der Waals surface area contributed by atoms with Gasteiger partial charge in [0.05, 0.1) is 50.8 Å². The van der Waals surface area contributed by atoms with E-state index in [2.05, 4.69) is 17.0 Å². The predicted octanol–water partition coefficient (Wildman–Crippen LogP) is 23.1. The van der Waals surface area contributed by atoms with Gasteiger partial charge in [0.15, 0.2) is 5.69 Å². The van der Waals surface area contributed by atoms with Gasteiger partial charge in [-0.1, -0.05) is 313 Å². The summed E-state index contributed by atoms with van der Waals surface area (Å²) in [6.45, 7) is 17.5. The van der Waals surface area contributed by atoms with Crippen LogP contribution in [-0.4, -0.2) is 6.71 Å². The summed E-state index contributed by atoms with van der Waals surface area (Å²) < 4.78 is 194. The molecule has 0 radical (unpaired) electrons. The molecular formula is C93H70BN3. The van der Waals surface area contributed by atoms with Gasteiger partial charge in [0.25, 0.3) is 6.71 Å². The number of rotatable bonds is 11. The number of hydrogen-bond acceptors (Lipinski definition) is 2. The molecule has 3 nitrogen and oxygen atoms in total. The van der Waals surface area contributed by atoms with E-state index >= 15 is 0 Å². The van der Waals surface area contributed by atoms with Gasteiger partial charge >= 0.3 is 0 Å². The van der Waals surface area contributed by atoms with E-state index in [0.717, 1.165) is 11.1 Å². The van der Waals surface area contributed by atoms with Crippen LogP contribution in [0.2, 0.25) is 0 Å². The first-order valence-corrected chi connectivity index (χ1v) is 32.3. The smallest absolute Gasteiger partial charge is 0.252 e. The summed E-state index contributed by atoms with van der Waals surface area (Å²) in [6, 6.07) is 52.1. The molecule has 2 heterocycles. The van der Waals surface area contributed by atoms with Crippen molar-refractivity contribution in [2.45, 2.75) is 51.4 Å². The molecule has 1 aliphatic carbocycles. The summed E-state index contributed by atoms with van der Waals surface area (Å²) in [4.78, 5) is 8.01. The van der Waals surface area contributed by atoms with Crippen LogP contribution >= 0.6 is 0 Å². The van der Waals surface area contributed by atoms with Crippen molar-refractivity contribution in [3.63, 3.8) is 0 Å². The third kappa shape index (κ3) is 9.63. The highest BCUT2D eigenvalue weighted by Gasteiger charge is 2.51. The Morgan fingerprint density at radius 1 is 0.392 bits per heavy atom. The molecule has 0 N–H and O–H groups in total. The van der Waals surface area contributed by atoms with Gasteiger partial charge in [-0.2, -0.15) is 0 Å². The van der Waals surface area contributed by atoms with Crippen LogP contribution in [0.15, 0.2) is 327 Å². The normalized spacial score (nSPS) is 17.0. The second-order valence-electron chi connectivity index (χ2n) is 26.1. The molecule has 0 spiro atoms. The number of anilines is 6. The van der Waals surface area contributed by atoms with Gasteiger partial charge in [0, 0.05) is 45.0 Å². The Kier molecular flexibility index (Phi) is 10.0. The van der Waals surface area contributed by atoms with E-state index in [1.54, 1.807) is 30.3 Å². The molecule has 14 aromatic rings. The van der Waals surface area contributed by atoms with Crippen molar-refractivity contribution in [1.82, 2.24) is 0 Å². The monoisotopic (exact) mass is 1260 g/mol. The molecule has 17 rings (SSSR count). The first-order chi connectivity index (χ1) is 55.8. The van der Waals surface area contributed by atoms with E-state index in [1.165, 1.54) is 0 Å². The summed E-state index contributed by atoms with van der Waals surface area (Å²) in [6.07, 6.45) is 0. The number of hydrogen-bond donors (Lipinski definition) is 0. The quantitative estimate of drug-likeness (QED) is 0.0944. The minimum Gasteiger partial charge on any atom is -0.310 e. The minimum atomic E-state index is -1.52.